The van der Waals surface area contributed by atoms with E-state index in [1.165, 1.54) is 0 Å². The number of aryl methyl sites for hydroxylation is 1. The lowest BCUT2D eigenvalue weighted by atomic mass is 10.1. The molecule has 0 saturated carbocycles. The Balaban J connectivity index is 2.91. The van der Waals surface area contributed by atoms with Gasteiger partial charge in [0.25, 0.3) is 0 Å². The molecule has 0 bridgehead atoms. The van der Waals surface area contributed by atoms with E-state index in [-0.39, 0.29) is 12.4 Å². The van der Waals surface area contributed by atoms with Gasteiger partial charge in [0.1, 0.15) is 5.84 Å². The molecule has 0 aromatic heterocycles. The molecule has 0 saturated heterocycles. The summed E-state index contributed by atoms with van der Waals surface area (Å²) < 4.78 is 0. The number of amidine groups is 1. The third kappa shape index (κ3) is 3.74. The summed E-state index contributed by atoms with van der Waals surface area (Å²) in [6.45, 7) is 5.84. The largest absolute Gasteiger partial charge is 0.395 e. The van der Waals surface area contributed by atoms with Crippen molar-refractivity contribution >= 4 is 11.5 Å². The first-order valence-corrected chi connectivity index (χ1v) is 6.41. The van der Waals surface area contributed by atoms with Crippen molar-refractivity contribution in [1.29, 1.82) is 5.41 Å². The van der Waals surface area contributed by atoms with E-state index in [9.17, 15) is 0 Å². The van der Waals surface area contributed by atoms with Crippen LogP contribution in [0, 0.1) is 12.3 Å². The Morgan fingerprint density at radius 2 is 2.11 bits per heavy atom. The molecule has 0 fully saturated rings. The average Bonchev–Trinajstić information content (AvgIpc) is 2.33. The van der Waals surface area contributed by atoms with Gasteiger partial charge >= 0.3 is 0 Å². The van der Waals surface area contributed by atoms with Crippen LogP contribution in [0.2, 0.25) is 0 Å². The van der Waals surface area contributed by atoms with Crippen LogP contribution < -0.4 is 10.6 Å². The summed E-state index contributed by atoms with van der Waals surface area (Å²) in [6.07, 6.45) is 2.24. The summed E-state index contributed by atoms with van der Waals surface area (Å²) in [6, 6.07) is 5.88. The molecule has 18 heavy (non-hydrogen) atoms. The number of unbranched alkanes of at least 4 members (excludes halogenated alkanes) is 1. The highest BCUT2D eigenvalue weighted by molar-refractivity contribution is 5.96. The number of aliphatic hydroxyl groups excluding tert-OH is 1. The molecule has 4 N–H and O–H groups in total. The van der Waals surface area contributed by atoms with Crippen LogP contribution >= 0.6 is 0 Å². The summed E-state index contributed by atoms with van der Waals surface area (Å²) >= 11 is 0. The third-order valence-corrected chi connectivity index (χ3v) is 3.02. The summed E-state index contributed by atoms with van der Waals surface area (Å²) in [5.74, 6) is 0.0984. The maximum Gasteiger partial charge on any atom is 0.123 e. The molecule has 1 aromatic rings. The zero-order valence-electron chi connectivity index (χ0n) is 11.2. The van der Waals surface area contributed by atoms with Gasteiger partial charge in [-0.25, -0.2) is 0 Å². The van der Waals surface area contributed by atoms with Crippen LogP contribution in [0.1, 0.15) is 30.9 Å². The van der Waals surface area contributed by atoms with Crippen molar-refractivity contribution in [3.63, 3.8) is 0 Å². The van der Waals surface area contributed by atoms with E-state index >= 15 is 0 Å². The number of benzene rings is 1. The maximum absolute atomic E-state index is 9.11. The molecule has 100 valence electrons. The first-order chi connectivity index (χ1) is 8.60. The third-order valence-electron chi connectivity index (χ3n) is 3.02. The lowest BCUT2D eigenvalue weighted by Gasteiger charge is -2.24. The van der Waals surface area contributed by atoms with Crippen molar-refractivity contribution in [2.75, 3.05) is 24.6 Å². The quantitative estimate of drug-likeness (QED) is 0.510. The minimum atomic E-state index is 0.0984. The van der Waals surface area contributed by atoms with E-state index in [4.69, 9.17) is 16.2 Å². The monoisotopic (exact) mass is 249 g/mol. The van der Waals surface area contributed by atoms with Crippen molar-refractivity contribution in [3.8, 4) is 0 Å². The molecule has 4 nitrogen and oxygen atoms in total. The molecule has 0 aliphatic heterocycles. The number of rotatable bonds is 7. The fourth-order valence-corrected chi connectivity index (χ4v) is 1.99. The lowest BCUT2D eigenvalue weighted by molar-refractivity contribution is 0.301. The lowest BCUT2D eigenvalue weighted by Crippen LogP contribution is -2.28. The summed E-state index contributed by atoms with van der Waals surface area (Å²) in [5, 5.41) is 16.6. The van der Waals surface area contributed by atoms with Crippen LogP contribution in [0.5, 0.6) is 0 Å². The molecule has 0 aliphatic rings. The molecule has 0 unspecified atom stereocenters. The second-order valence-corrected chi connectivity index (χ2v) is 4.48. The number of anilines is 1. The number of aliphatic hydroxyl groups is 1. The smallest absolute Gasteiger partial charge is 0.123 e. The van der Waals surface area contributed by atoms with Crippen molar-refractivity contribution in [1.82, 2.24) is 0 Å². The number of nitrogens with one attached hydrogen (secondary N) is 1. The Bertz CT molecular complexity index is 404. The molecular formula is C14H23N3O. The van der Waals surface area contributed by atoms with Gasteiger partial charge in [0.15, 0.2) is 0 Å². The van der Waals surface area contributed by atoms with E-state index in [1.54, 1.807) is 0 Å². The first-order valence-electron chi connectivity index (χ1n) is 6.41. The summed E-state index contributed by atoms with van der Waals surface area (Å²) in [4.78, 5) is 2.17. The highest BCUT2D eigenvalue weighted by Gasteiger charge is 2.08. The Morgan fingerprint density at radius 3 is 2.61 bits per heavy atom. The second-order valence-electron chi connectivity index (χ2n) is 4.48. The first kappa shape index (κ1) is 14.5. The molecular weight excluding hydrogens is 226 g/mol. The standard InChI is InChI=1S/C14H23N3O/c1-3-4-7-17(8-9-18)12-5-6-13(14(15)16)11(2)10-12/h5-6,10,18H,3-4,7-9H2,1-2H3,(H3,15,16). The number of nitrogens with zero attached hydrogens (tertiary/aromatic N) is 1. The Labute approximate surface area is 109 Å². The molecule has 0 spiro atoms. The number of hydrogen-bond donors (Lipinski definition) is 3. The Morgan fingerprint density at radius 1 is 1.39 bits per heavy atom. The second kappa shape index (κ2) is 7.01. The molecule has 0 heterocycles. The van der Waals surface area contributed by atoms with Crippen LogP contribution in [-0.4, -0.2) is 30.6 Å². The van der Waals surface area contributed by atoms with Gasteiger partial charge in [0.05, 0.1) is 6.61 Å². The van der Waals surface area contributed by atoms with E-state index in [1.807, 2.05) is 25.1 Å². The Hall–Kier alpha value is -1.55. The highest BCUT2D eigenvalue weighted by Crippen LogP contribution is 2.19. The predicted octanol–water partition coefficient (Wildman–Crippen LogP) is 1.88. The zero-order chi connectivity index (χ0) is 13.5. The Kier molecular flexibility index (Phi) is 5.65. The normalized spacial score (nSPS) is 10.4. The number of nitrogens with two attached hydrogens (primary N) is 1. The van der Waals surface area contributed by atoms with E-state index in [2.05, 4.69) is 11.8 Å². The van der Waals surface area contributed by atoms with Crippen LogP contribution in [0.3, 0.4) is 0 Å². The number of hydrogen-bond acceptors (Lipinski definition) is 3. The zero-order valence-corrected chi connectivity index (χ0v) is 11.2. The van der Waals surface area contributed by atoms with E-state index in [0.29, 0.717) is 6.54 Å². The van der Waals surface area contributed by atoms with E-state index < -0.39 is 0 Å². The molecule has 0 aliphatic carbocycles. The van der Waals surface area contributed by atoms with Crippen molar-refractivity contribution in [3.05, 3.63) is 29.3 Å². The topological polar surface area (TPSA) is 73.3 Å². The molecule has 0 atom stereocenters. The maximum atomic E-state index is 9.11. The summed E-state index contributed by atoms with van der Waals surface area (Å²) in [5.41, 5.74) is 8.37. The van der Waals surface area contributed by atoms with Crippen molar-refractivity contribution < 1.29 is 5.11 Å². The van der Waals surface area contributed by atoms with Gasteiger partial charge in [0.2, 0.25) is 0 Å². The average molecular weight is 249 g/mol. The van der Waals surface area contributed by atoms with Crippen LogP contribution in [0.4, 0.5) is 5.69 Å². The van der Waals surface area contributed by atoms with Gasteiger partial charge in [0, 0.05) is 24.3 Å². The van der Waals surface area contributed by atoms with Gasteiger partial charge in [-0.2, -0.15) is 0 Å². The van der Waals surface area contributed by atoms with Gasteiger partial charge in [-0.15, -0.1) is 0 Å². The molecule has 1 aromatic carbocycles. The predicted molar refractivity (Wildman–Crippen MR) is 76.4 cm³/mol. The van der Waals surface area contributed by atoms with Gasteiger partial charge in [-0.05, 0) is 37.1 Å². The summed E-state index contributed by atoms with van der Waals surface area (Å²) in [7, 11) is 0. The molecule has 4 heteroatoms. The van der Waals surface area contributed by atoms with Crippen molar-refractivity contribution in [2.24, 2.45) is 5.73 Å². The van der Waals surface area contributed by atoms with Gasteiger partial charge in [-0.1, -0.05) is 13.3 Å². The SMILES string of the molecule is CCCCN(CCO)c1ccc(C(=N)N)c(C)c1. The fourth-order valence-electron chi connectivity index (χ4n) is 1.99. The van der Waals surface area contributed by atoms with Crippen LogP contribution in [0.25, 0.3) is 0 Å². The van der Waals surface area contributed by atoms with Gasteiger partial charge < -0.3 is 15.7 Å². The highest BCUT2D eigenvalue weighted by atomic mass is 16.3. The minimum absolute atomic E-state index is 0.0984. The molecule has 0 radical (unpaired) electrons. The van der Waals surface area contributed by atoms with E-state index in [0.717, 1.165) is 36.2 Å². The van der Waals surface area contributed by atoms with Gasteiger partial charge in [-0.3, -0.25) is 5.41 Å². The minimum Gasteiger partial charge on any atom is -0.395 e. The van der Waals surface area contributed by atoms with Crippen LogP contribution in [0.15, 0.2) is 18.2 Å². The molecule has 0 amide bonds. The molecule has 1 rings (SSSR count). The van der Waals surface area contributed by atoms with Crippen LogP contribution in [-0.2, 0) is 0 Å². The fraction of sp³-hybridized carbons (Fsp3) is 0.500. The number of nitrogen functional groups attached to an aromatic ring is 1. The van der Waals surface area contributed by atoms with Crippen molar-refractivity contribution in [2.45, 2.75) is 26.7 Å².